The van der Waals surface area contributed by atoms with Gasteiger partial charge in [-0.1, -0.05) is 18.2 Å². The number of benzene rings is 2. The lowest BCUT2D eigenvalue weighted by atomic mass is 10.1. The first kappa shape index (κ1) is 16.9. The Morgan fingerprint density at radius 2 is 1.69 bits per heavy atom. The Hall–Kier alpha value is -2.59. The highest BCUT2D eigenvalue weighted by atomic mass is 32.2. The number of nitrogens with one attached hydrogen (secondary N) is 1. The number of H-pyrrole nitrogens is 1. The molecule has 0 atom stereocenters. The fourth-order valence-electron chi connectivity index (χ4n) is 3.22. The number of fused-ring (bicyclic) bond motifs is 2. The number of nitrogens with zero attached hydrogens (tertiary/aromatic N) is 1. The topological polar surface area (TPSA) is 45.8 Å². The standard InChI is InChI=1S/C22H20N2OS/c1-13-8-16-9-15(3)22(24-20(16)10-14(13)2)26-12-17-11-21(25)23-19-7-5-4-6-18(17)19/h4-11H,12H2,1-3H3,(H,23,25). The van der Waals surface area contributed by atoms with Gasteiger partial charge in [0.1, 0.15) is 0 Å². The van der Waals surface area contributed by atoms with Crippen LogP contribution >= 0.6 is 11.8 Å². The summed E-state index contributed by atoms with van der Waals surface area (Å²) < 4.78 is 0. The van der Waals surface area contributed by atoms with Gasteiger partial charge in [0, 0.05) is 28.1 Å². The fraction of sp³-hybridized carbons (Fsp3) is 0.182. The minimum atomic E-state index is -0.0615. The van der Waals surface area contributed by atoms with E-state index in [0.717, 1.165) is 27.0 Å². The van der Waals surface area contributed by atoms with Crippen molar-refractivity contribution in [3.8, 4) is 0 Å². The number of rotatable bonds is 3. The summed E-state index contributed by atoms with van der Waals surface area (Å²) in [6, 6.07) is 16.2. The summed E-state index contributed by atoms with van der Waals surface area (Å²) in [5, 5.41) is 3.28. The smallest absolute Gasteiger partial charge is 0.248 e. The van der Waals surface area contributed by atoms with Gasteiger partial charge in [0.25, 0.3) is 0 Å². The minimum Gasteiger partial charge on any atom is -0.322 e. The molecule has 1 N–H and O–H groups in total. The van der Waals surface area contributed by atoms with Gasteiger partial charge in [0.05, 0.1) is 10.5 Å². The van der Waals surface area contributed by atoms with Crippen LogP contribution in [-0.4, -0.2) is 9.97 Å². The maximum atomic E-state index is 11.9. The van der Waals surface area contributed by atoms with Crippen LogP contribution < -0.4 is 5.56 Å². The van der Waals surface area contributed by atoms with E-state index >= 15 is 0 Å². The quantitative estimate of drug-likeness (QED) is 0.505. The first-order valence-electron chi connectivity index (χ1n) is 8.63. The van der Waals surface area contributed by atoms with E-state index in [0.29, 0.717) is 5.75 Å². The van der Waals surface area contributed by atoms with Crippen LogP contribution in [0.3, 0.4) is 0 Å². The van der Waals surface area contributed by atoms with E-state index in [2.05, 4.69) is 44.0 Å². The van der Waals surface area contributed by atoms with Crippen molar-refractivity contribution in [3.63, 3.8) is 0 Å². The molecule has 0 aliphatic rings. The second kappa shape index (κ2) is 6.61. The minimum absolute atomic E-state index is 0.0615. The molecular weight excluding hydrogens is 340 g/mol. The molecule has 0 unspecified atom stereocenters. The summed E-state index contributed by atoms with van der Waals surface area (Å²) in [7, 11) is 0. The zero-order valence-electron chi connectivity index (χ0n) is 15.1. The Morgan fingerprint density at radius 1 is 0.962 bits per heavy atom. The van der Waals surface area contributed by atoms with Crippen LogP contribution in [0.5, 0.6) is 0 Å². The van der Waals surface area contributed by atoms with Crippen molar-refractivity contribution >= 4 is 33.6 Å². The average molecular weight is 360 g/mol. The van der Waals surface area contributed by atoms with Gasteiger partial charge in [-0.25, -0.2) is 4.98 Å². The Balaban J connectivity index is 1.71. The number of hydrogen-bond acceptors (Lipinski definition) is 3. The molecule has 2 aromatic carbocycles. The molecule has 4 heteroatoms. The molecule has 26 heavy (non-hydrogen) atoms. The Bertz CT molecular complexity index is 1190. The molecule has 130 valence electrons. The van der Waals surface area contributed by atoms with Crippen molar-refractivity contribution in [3.05, 3.63) is 81.1 Å². The van der Waals surface area contributed by atoms with Crippen LogP contribution in [0.4, 0.5) is 0 Å². The molecule has 2 heterocycles. The number of aromatic nitrogens is 2. The fourth-order valence-corrected chi connectivity index (χ4v) is 4.20. The van der Waals surface area contributed by atoms with E-state index in [1.807, 2.05) is 24.3 Å². The zero-order valence-corrected chi connectivity index (χ0v) is 15.9. The molecular formula is C22H20N2OS. The third-order valence-electron chi connectivity index (χ3n) is 4.77. The average Bonchev–Trinajstić information content (AvgIpc) is 2.61. The number of aryl methyl sites for hydroxylation is 3. The lowest BCUT2D eigenvalue weighted by molar-refractivity contribution is 1.12. The Morgan fingerprint density at radius 3 is 2.54 bits per heavy atom. The predicted octanol–water partition coefficient (Wildman–Crippen LogP) is 5.29. The van der Waals surface area contributed by atoms with Crippen molar-refractivity contribution in [1.29, 1.82) is 0 Å². The van der Waals surface area contributed by atoms with Crippen LogP contribution in [0, 0.1) is 20.8 Å². The number of para-hydroxylation sites is 1. The van der Waals surface area contributed by atoms with E-state index in [4.69, 9.17) is 4.98 Å². The van der Waals surface area contributed by atoms with Crippen LogP contribution in [-0.2, 0) is 5.75 Å². The molecule has 0 spiro atoms. The molecule has 4 aromatic rings. The van der Waals surface area contributed by atoms with Gasteiger partial charge < -0.3 is 4.98 Å². The molecule has 0 saturated carbocycles. The van der Waals surface area contributed by atoms with Crippen LogP contribution in [0.25, 0.3) is 21.8 Å². The number of pyridine rings is 2. The monoisotopic (exact) mass is 360 g/mol. The van der Waals surface area contributed by atoms with Gasteiger partial charge in [0.15, 0.2) is 0 Å². The van der Waals surface area contributed by atoms with E-state index < -0.39 is 0 Å². The molecule has 2 aromatic heterocycles. The Labute approximate surface area is 156 Å². The maximum absolute atomic E-state index is 11.9. The van der Waals surface area contributed by atoms with Gasteiger partial charge in [-0.3, -0.25) is 4.79 Å². The maximum Gasteiger partial charge on any atom is 0.248 e. The van der Waals surface area contributed by atoms with E-state index in [1.54, 1.807) is 17.8 Å². The molecule has 0 fully saturated rings. The normalized spacial score (nSPS) is 11.3. The Kier molecular flexibility index (Phi) is 4.29. The zero-order chi connectivity index (χ0) is 18.3. The SMILES string of the molecule is Cc1cc2cc(C)c(SCc3cc(=O)[nH]c4ccccc34)nc2cc1C. The summed E-state index contributed by atoms with van der Waals surface area (Å²) >= 11 is 1.68. The summed E-state index contributed by atoms with van der Waals surface area (Å²) in [6.45, 7) is 6.34. The van der Waals surface area contributed by atoms with Crippen LogP contribution in [0.2, 0.25) is 0 Å². The summed E-state index contributed by atoms with van der Waals surface area (Å²) in [5.41, 5.74) is 6.59. The van der Waals surface area contributed by atoms with E-state index in [1.165, 1.54) is 22.1 Å². The van der Waals surface area contributed by atoms with Gasteiger partial charge >= 0.3 is 0 Å². The molecule has 0 bridgehead atoms. The molecule has 0 saturated heterocycles. The first-order valence-corrected chi connectivity index (χ1v) is 9.62. The van der Waals surface area contributed by atoms with E-state index in [-0.39, 0.29) is 5.56 Å². The van der Waals surface area contributed by atoms with Gasteiger partial charge in [0.2, 0.25) is 5.56 Å². The van der Waals surface area contributed by atoms with Crippen molar-refractivity contribution in [1.82, 2.24) is 9.97 Å². The number of aromatic amines is 1. The third-order valence-corrected chi connectivity index (χ3v) is 5.92. The molecule has 4 rings (SSSR count). The van der Waals surface area contributed by atoms with Crippen LogP contribution in [0.15, 0.2) is 58.4 Å². The lowest BCUT2D eigenvalue weighted by Gasteiger charge is -2.10. The number of hydrogen-bond donors (Lipinski definition) is 1. The largest absolute Gasteiger partial charge is 0.322 e. The molecule has 3 nitrogen and oxygen atoms in total. The van der Waals surface area contributed by atoms with E-state index in [9.17, 15) is 4.79 Å². The third kappa shape index (κ3) is 3.13. The van der Waals surface area contributed by atoms with Crippen molar-refractivity contribution in [2.75, 3.05) is 0 Å². The summed E-state index contributed by atoms with van der Waals surface area (Å²) in [4.78, 5) is 19.7. The van der Waals surface area contributed by atoms with Gasteiger partial charge in [-0.05, 0) is 67.3 Å². The molecule has 0 aliphatic carbocycles. The number of thioether (sulfide) groups is 1. The highest BCUT2D eigenvalue weighted by molar-refractivity contribution is 7.98. The van der Waals surface area contributed by atoms with Crippen molar-refractivity contribution < 1.29 is 0 Å². The lowest BCUT2D eigenvalue weighted by Crippen LogP contribution is -2.06. The van der Waals surface area contributed by atoms with Gasteiger partial charge in [-0.15, -0.1) is 11.8 Å². The highest BCUT2D eigenvalue weighted by Crippen LogP contribution is 2.29. The van der Waals surface area contributed by atoms with Crippen LogP contribution in [0.1, 0.15) is 22.3 Å². The second-order valence-electron chi connectivity index (χ2n) is 6.73. The predicted molar refractivity (Wildman–Crippen MR) is 110 cm³/mol. The summed E-state index contributed by atoms with van der Waals surface area (Å²) in [6.07, 6.45) is 0. The van der Waals surface area contributed by atoms with Crippen molar-refractivity contribution in [2.24, 2.45) is 0 Å². The second-order valence-corrected chi connectivity index (χ2v) is 7.70. The van der Waals surface area contributed by atoms with Crippen molar-refractivity contribution in [2.45, 2.75) is 31.6 Å². The van der Waals surface area contributed by atoms with Gasteiger partial charge in [-0.2, -0.15) is 0 Å². The first-order chi connectivity index (χ1) is 12.5. The molecule has 0 aliphatic heterocycles. The summed E-state index contributed by atoms with van der Waals surface area (Å²) in [5.74, 6) is 0.717. The molecule has 0 radical (unpaired) electrons. The highest BCUT2D eigenvalue weighted by Gasteiger charge is 2.09. The molecule has 0 amide bonds.